The molecule has 0 radical (unpaired) electrons. The van der Waals surface area contributed by atoms with Crippen molar-refractivity contribution in [2.24, 2.45) is 0 Å². The molecule has 0 amide bonds. The number of halogens is 4. The zero-order valence-corrected chi connectivity index (χ0v) is 12.3. The summed E-state index contributed by atoms with van der Waals surface area (Å²) >= 11 is 3.22. The average Bonchev–Trinajstić information content (AvgIpc) is 3.06. The standard InChI is InChI=1S/C12H7BrF3N5O/c13-7-1-2-10(17-3-7)21-11(22)8(4-19-21)20-5-9(18-6-20)12(14,15)16/h1-6,19H. The summed E-state index contributed by atoms with van der Waals surface area (Å²) in [7, 11) is 0. The molecule has 0 saturated heterocycles. The molecule has 0 spiro atoms. The van der Waals surface area contributed by atoms with Crippen LogP contribution in [0.5, 0.6) is 0 Å². The lowest BCUT2D eigenvalue weighted by Crippen LogP contribution is -2.18. The van der Waals surface area contributed by atoms with Crippen LogP contribution in [0.3, 0.4) is 0 Å². The molecule has 0 atom stereocenters. The fourth-order valence-electron chi connectivity index (χ4n) is 1.82. The maximum Gasteiger partial charge on any atom is 0.434 e. The van der Waals surface area contributed by atoms with Gasteiger partial charge < -0.3 is 0 Å². The zero-order chi connectivity index (χ0) is 15.9. The smallest absolute Gasteiger partial charge is 0.299 e. The van der Waals surface area contributed by atoms with E-state index in [1.807, 2.05) is 0 Å². The number of aromatic amines is 1. The fraction of sp³-hybridized carbons (Fsp3) is 0.0833. The SMILES string of the molecule is O=c1c(-n2cnc(C(F)(F)F)c2)c[nH]n1-c1ccc(Br)cn1. The highest BCUT2D eigenvalue weighted by Gasteiger charge is 2.33. The average molecular weight is 374 g/mol. The van der Waals surface area contributed by atoms with Crippen molar-refractivity contribution in [2.45, 2.75) is 6.18 Å². The number of H-pyrrole nitrogens is 1. The van der Waals surface area contributed by atoms with E-state index in [4.69, 9.17) is 0 Å². The number of aromatic nitrogens is 5. The lowest BCUT2D eigenvalue weighted by atomic mass is 10.4. The van der Waals surface area contributed by atoms with Crippen molar-refractivity contribution in [3.63, 3.8) is 0 Å². The molecule has 3 heterocycles. The van der Waals surface area contributed by atoms with E-state index in [2.05, 4.69) is 31.0 Å². The first-order valence-electron chi connectivity index (χ1n) is 5.90. The second kappa shape index (κ2) is 5.13. The predicted molar refractivity (Wildman–Crippen MR) is 74.0 cm³/mol. The maximum absolute atomic E-state index is 12.5. The first kappa shape index (κ1) is 14.6. The van der Waals surface area contributed by atoms with Crippen LogP contribution in [-0.4, -0.2) is 24.3 Å². The minimum absolute atomic E-state index is 0.00715. The van der Waals surface area contributed by atoms with Gasteiger partial charge in [-0.15, -0.1) is 0 Å². The minimum Gasteiger partial charge on any atom is -0.299 e. The van der Waals surface area contributed by atoms with Gasteiger partial charge in [-0.2, -0.15) is 17.9 Å². The van der Waals surface area contributed by atoms with E-state index in [9.17, 15) is 18.0 Å². The largest absolute Gasteiger partial charge is 0.434 e. The van der Waals surface area contributed by atoms with Crippen molar-refractivity contribution in [3.05, 3.63) is 57.6 Å². The Kier molecular flexibility index (Phi) is 3.39. The van der Waals surface area contributed by atoms with Crippen molar-refractivity contribution < 1.29 is 13.2 Å². The lowest BCUT2D eigenvalue weighted by Gasteiger charge is -2.00. The quantitative estimate of drug-likeness (QED) is 0.750. The van der Waals surface area contributed by atoms with E-state index < -0.39 is 17.4 Å². The Bertz CT molecular complexity index is 862. The second-order valence-corrected chi connectivity index (χ2v) is 5.21. The van der Waals surface area contributed by atoms with Gasteiger partial charge in [0.1, 0.15) is 12.0 Å². The maximum atomic E-state index is 12.5. The zero-order valence-electron chi connectivity index (χ0n) is 10.7. The number of rotatable bonds is 2. The Hall–Kier alpha value is -2.36. The van der Waals surface area contributed by atoms with Crippen molar-refractivity contribution in [3.8, 4) is 11.5 Å². The molecule has 0 fully saturated rings. The first-order chi connectivity index (χ1) is 10.4. The summed E-state index contributed by atoms with van der Waals surface area (Å²) in [6, 6.07) is 3.27. The van der Waals surface area contributed by atoms with Gasteiger partial charge in [-0.05, 0) is 28.1 Å². The Morgan fingerprint density at radius 1 is 1.23 bits per heavy atom. The van der Waals surface area contributed by atoms with Gasteiger partial charge in [-0.3, -0.25) is 14.5 Å². The topological polar surface area (TPSA) is 68.5 Å². The van der Waals surface area contributed by atoms with E-state index in [0.717, 1.165) is 26.2 Å². The third-order valence-electron chi connectivity index (χ3n) is 2.84. The van der Waals surface area contributed by atoms with Crippen LogP contribution in [0.4, 0.5) is 13.2 Å². The summed E-state index contributed by atoms with van der Waals surface area (Å²) in [5.41, 5.74) is -1.60. The van der Waals surface area contributed by atoms with Gasteiger partial charge in [0.25, 0.3) is 5.56 Å². The number of imidazole rings is 1. The van der Waals surface area contributed by atoms with Crippen LogP contribution in [0, 0.1) is 0 Å². The second-order valence-electron chi connectivity index (χ2n) is 4.30. The van der Waals surface area contributed by atoms with E-state index in [1.165, 1.54) is 12.4 Å². The molecule has 0 aromatic carbocycles. The highest BCUT2D eigenvalue weighted by atomic mass is 79.9. The van der Waals surface area contributed by atoms with Gasteiger partial charge >= 0.3 is 6.18 Å². The number of nitrogens with zero attached hydrogens (tertiary/aromatic N) is 4. The molecular formula is C12H7BrF3N5O. The van der Waals surface area contributed by atoms with Crippen molar-refractivity contribution in [1.29, 1.82) is 0 Å². The number of alkyl halides is 3. The summed E-state index contributed by atoms with van der Waals surface area (Å²) in [5.74, 6) is 0.315. The van der Waals surface area contributed by atoms with Gasteiger partial charge in [0.05, 0.1) is 0 Å². The third kappa shape index (κ3) is 2.56. The van der Waals surface area contributed by atoms with Crippen molar-refractivity contribution >= 4 is 15.9 Å². The Balaban J connectivity index is 2.02. The lowest BCUT2D eigenvalue weighted by molar-refractivity contribution is -0.140. The fourth-order valence-corrected chi connectivity index (χ4v) is 2.05. The highest BCUT2D eigenvalue weighted by Crippen LogP contribution is 2.27. The molecule has 0 bridgehead atoms. The van der Waals surface area contributed by atoms with Gasteiger partial charge in [0.15, 0.2) is 11.5 Å². The number of nitrogens with one attached hydrogen (secondary N) is 1. The molecular weight excluding hydrogens is 367 g/mol. The summed E-state index contributed by atoms with van der Waals surface area (Å²) in [6.07, 6.45) is -0.0837. The molecule has 114 valence electrons. The molecule has 3 aromatic rings. The van der Waals surface area contributed by atoms with E-state index >= 15 is 0 Å². The Labute approximate surface area is 129 Å². The van der Waals surface area contributed by atoms with Crippen LogP contribution in [0.25, 0.3) is 11.5 Å². The van der Waals surface area contributed by atoms with E-state index in [-0.39, 0.29) is 5.69 Å². The van der Waals surface area contributed by atoms with E-state index in [0.29, 0.717) is 5.82 Å². The monoisotopic (exact) mass is 373 g/mol. The molecule has 10 heteroatoms. The highest BCUT2D eigenvalue weighted by molar-refractivity contribution is 9.10. The number of pyridine rings is 1. The van der Waals surface area contributed by atoms with Crippen molar-refractivity contribution in [2.75, 3.05) is 0 Å². The third-order valence-corrected chi connectivity index (χ3v) is 3.31. The number of hydrogen-bond donors (Lipinski definition) is 1. The molecule has 3 aromatic heterocycles. The van der Waals surface area contributed by atoms with Gasteiger partial charge in [0.2, 0.25) is 0 Å². The Morgan fingerprint density at radius 3 is 2.59 bits per heavy atom. The van der Waals surface area contributed by atoms with Gasteiger partial charge in [0, 0.05) is 23.1 Å². The summed E-state index contributed by atoms with van der Waals surface area (Å²) < 4.78 is 40.5. The summed E-state index contributed by atoms with van der Waals surface area (Å²) in [6.45, 7) is 0. The predicted octanol–water partition coefficient (Wildman–Crippen LogP) is 2.53. The molecule has 22 heavy (non-hydrogen) atoms. The minimum atomic E-state index is -4.56. The van der Waals surface area contributed by atoms with Crippen LogP contribution in [0.15, 0.2) is 46.3 Å². The van der Waals surface area contributed by atoms with Crippen LogP contribution >= 0.6 is 15.9 Å². The molecule has 3 rings (SSSR count). The van der Waals surface area contributed by atoms with Crippen LogP contribution in [0.2, 0.25) is 0 Å². The van der Waals surface area contributed by atoms with Crippen molar-refractivity contribution in [1.82, 2.24) is 24.3 Å². The number of hydrogen-bond acceptors (Lipinski definition) is 3. The first-order valence-corrected chi connectivity index (χ1v) is 6.69. The molecule has 0 unspecified atom stereocenters. The normalized spacial score (nSPS) is 11.8. The van der Waals surface area contributed by atoms with E-state index in [1.54, 1.807) is 12.1 Å². The molecule has 0 aliphatic carbocycles. The summed E-state index contributed by atoms with van der Waals surface area (Å²) in [4.78, 5) is 19.6. The van der Waals surface area contributed by atoms with Crippen LogP contribution in [-0.2, 0) is 6.18 Å². The molecule has 6 nitrogen and oxygen atoms in total. The molecule has 0 saturated carbocycles. The van der Waals surface area contributed by atoms with Crippen LogP contribution in [0.1, 0.15) is 5.69 Å². The van der Waals surface area contributed by atoms with Crippen LogP contribution < -0.4 is 5.56 Å². The summed E-state index contributed by atoms with van der Waals surface area (Å²) in [5, 5.41) is 2.65. The Morgan fingerprint density at radius 2 is 2.00 bits per heavy atom. The molecule has 0 aliphatic heterocycles. The van der Waals surface area contributed by atoms with Gasteiger partial charge in [-0.1, -0.05) is 0 Å². The van der Waals surface area contributed by atoms with Gasteiger partial charge in [-0.25, -0.2) is 9.97 Å². The molecule has 0 aliphatic rings. The molecule has 1 N–H and O–H groups in total.